The summed E-state index contributed by atoms with van der Waals surface area (Å²) in [7, 11) is -3.50. The minimum Gasteiger partial charge on any atom is -0.462 e. The first kappa shape index (κ1) is 21.2. The van der Waals surface area contributed by atoms with E-state index in [2.05, 4.69) is 0 Å². The Balaban J connectivity index is 2.25. The SMILES string of the molecule is CCCCOC(=O)c1ccc(N(C(=O)C(F)(F)F)C2CCS(=O)(=O)C2)cc1. The van der Waals surface area contributed by atoms with Gasteiger partial charge in [0.2, 0.25) is 0 Å². The molecule has 1 aromatic carbocycles. The maximum atomic E-state index is 13.0. The third kappa shape index (κ3) is 5.44. The second-order valence-electron chi connectivity index (χ2n) is 6.27. The molecular weight excluding hydrogens is 387 g/mol. The van der Waals surface area contributed by atoms with Gasteiger partial charge in [-0.2, -0.15) is 13.2 Å². The van der Waals surface area contributed by atoms with Gasteiger partial charge in [-0.3, -0.25) is 4.79 Å². The van der Waals surface area contributed by atoms with Crippen molar-refractivity contribution in [3.05, 3.63) is 29.8 Å². The van der Waals surface area contributed by atoms with Gasteiger partial charge in [0.1, 0.15) is 0 Å². The van der Waals surface area contributed by atoms with Gasteiger partial charge < -0.3 is 9.64 Å². The van der Waals surface area contributed by atoms with Crippen molar-refractivity contribution in [1.82, 2.24) is 0 Å². The number of anilines is 1. The summed E-state index contributed by atoms with van der Waals surface area (Å²) < 4.78 is 67.3. The molecule has 10 heteroatoms. The van der Waals surface area contributed by atoms with Crippen LogP contribution in [0.4, 0.5) is 18.9 Å². The number of benzene rings is 1. The number of unbranched alkanes of at least 4 members (excludes halogenated alkanes) is 1. The van der Waals surface area contributed by atoms with Crippen LogP contribution >= 0.6 is 0 Å². The molecule has 1 aliphatic rings. The van der Waals surface area contributed by atoms with E-state index in [9.17, 15) is 31.2 Å². The largest absolute Gasteiger partial charge is 0.471 e. The molecule has 1 fully saturated rings. The Hall–Kier alpha value is -2.10. The number of ether oxygens (including phenoxy) is 1. The van der Waals surface area contributed by atoms with Crippen molar-refractivity contribution in [2.75, 3.05) is 23.0 Å². The Bertz CT molecular complexity index is 790. The molecule has 1 saturated heterocycles. The van der Waals surface area contributed by atoms with Crippen molar-refractivity contribution < 1.29 is 35.9 Å². The smallest absolute Gasteiger partial charge is 0.462 e. The lowest BCUT2D eigenvalue weighted by Gasteiger charge is -2.29. The monoisotopic (exact) mass is 407 g/mol. The van der Waals surface area contributed by atoms with E-state index >= 15 is 0 Å². The Labute approximate surface area is 155 Å². The van der Waals surface area contributed by atoms with Crippen molar-refractivity contribution in [2.24, 2.45) is 0 Å². The molecule has 2 rings (SSSR count). The van der Waals surface area contributed by atoms with E-state index in [0.717, 1.165) is 6.42 Å². The van der Waals surface area contributed by atoms with Gasteiger partial charge in [-0.1, -0.05) is 13.3 Å². The zero-order valence-corrected chi connectivity index (χ0v) is 15.5. The van der Waals surface area contributed by atoms with E-state index in [1.54, 1.807) is 0 Å². The van der Waals surface area contributed by atoms with E-state index in [-0.39, 0.29) is 30.0 Å². The number of carbonyl (C=O) groups excluding carboxylic acids is 2. The van der Waals surface area contributed by atoms with Gasteiger partial charge in [0, 0.05) is 5.69 Å². The minimum absolute atomic E-state index is 0.0784. The number of carbonyl (C=O) groups is 2. The van der Waals surface area contributed by atoms with Gasteiger partial charge >= 0.3 is 18.1 Å². The lowest BCUT2D eigenvalue weighted by Crippen LogP contribution is -2.48. The molecule has 1 heterocycles. The summed E-state index contributed by atoms with van der Waals surface area (Å²) in [5.41, 5.74) is 0.0119. The van der Waals surface area contributed by atoms with Crippen molar-refractivity contribution in [2.45, 2.75) is 38.4 Å². The van der Waals surface area contributed by atoms with E-state index in [0.29, 0.717) is 11.3 Å². The van der Waals surface area contributed by atoms with Crippen LogP contribution in [-0.2, 0) is 19.4 Å². The fraction of sp³-hybridized carbons (Fsp3) is 0.529. The number of hydrogen-bond acceptors (Lipinski definition) is 5. The summed E-state index contributed by atoms with van der Waals surface area (Å²) in [6.07, 6.45) is -3.70. The van der Waals surface area contributed by atoms with E-state index in [4.69, 9.17) is 4.74 Å². The number of esters is 1. The number of nitrogens with zero attached hydrogens (tertiary/aromatic N) is 1. The molecule has 150 valence electrons. The van der Waals surface area contributed by atoms with Crippen molar-refractivity contribution >= 4 is 27.4 Å². The molecule has 1 unspecified atom stereocenters. The van der Waals surface area contributed by atoms with Crippen LogP contribution in [0.15, 0.2) is 24.3 Å². The summed E-state index contributed by atoms with van der Waals surface area (Å²) in [6.45, 7) is 2.16. The highest BCUT2D eigenvalue weighted by Gasteiger charge is 2.47. The second kappa shape index (κ2) is 8.28. The quantitative estimate of drug-likeness (QED) is 0.535. The number of sulfone groups is 1. The standard InChI is InChI=1S/C17H20F3NO5S/c1-2-3-9-26-15(22)12-4-6-13(7-5-12)21(16(23)17(18,19)20)14-8-10-27(24,25)11-14/h4-7,14H,2-3,8-11H2,1H3. The zero-order valence-electron chi connectivity index (χ0n) is 14.7. The Kier molecular flexibility index (Phi) is 6.50. The average Bonchev–Trinajstić information content (AvgIpc) is 2.94. The third-order valence-corrected chi connectivity index (χ3v) is 5.90. The zero-order chi connectivity index (χ0) is 20.2. The lowest BCUT2D eigenvalue weighted by atomic mass is 10.1. The molecule has 1 aromatic rings. The van der Waals surface area contributed by atoms with Gasteiger partial charge in [-0.15, -0.1) is 0 Å². The number of rotatable bonds is 6. The van der Waals surface area contributed by atoms with Crippen molar-refractivity contribution in [3.63, 3.8) is 0 Å². The Morgan fingerprint density at radius 2 is 1.85 bits per heavy atom. The average molecular weight is 407 g/mol. The van der Waals surface area contributed by atoms with Crippen LogP contribution in [0.25, 0.3) is 0 Å². The maximum Gasteiger partial charge on any atom is 0.471 e. The van der Waals surface area contributed by atoms with Crippen molar-refractivity contribution in [3.8, 4) is 0 Å². The molecule has 0 saturated carbocycles. The first-order valence-electron chi connectivity index (χ1n) is 8.43. The number of alkyl halides is 3. The predicted molar refractivity (Wildman–Crippen MR) is 92.2 cm³/mol. The van der Waals surface area contributed by atoms with Crippen LogP contribution in [0.2, 0.25) is 0 Å². The van der Waals surface area contributed by atoms with Crippen LogP contribution in [0, 0.1) is 0 Å². The van der Waals surface area contributed by atoms with Crippen LogP contribution in [-0.4, -0.2) is 50.6 Å². The fourth-order valence-corrected chi connectivity index (χ4v) is 4.46. The highest BCUT2D eigenvalue weighted by Crippen LogP contribution is 2.30. The first-order valence-corrected chi connectivity index (χ1v) is 10.3. The molecular formula is C17H20F3NO5S. The molecule has 0 N–H and O–H groups in total. The highest BCUT2D eigenvalue weighted by atomic mass is 32.2. The van der Waals surface area contributed by atoms with Gasteiger partial charge in [-0.05, 0) is 37.1 Å². The Morgan fingerprint density at radius 3 is 2.33 bits per heavy atom. The molecule has 0 radical (unpaired) electrons. The van der Waals surface area contributed by atoms with Crippen LogP contribution in [0.1, 0.15) is 36.5 Å². The summed E-state index contributed by atoms with van der Waals surface area (Å²) in [5.74, 6) is -3.56. The van der Waals surface area contributed by atoms with Crippen LogP contribution < -0.4 is 4.90 Å². The van der Waals surface area contributed by atoms with Gasteiger partial charge in [0.15, 0.2) is 9.84 Å². The van der Waals surface area contributed by atoms with E-state index in [1.807, 2.05) is 6.92 Å². The number of halogens is 3. The lowest BCUT2D eigenvalue weighted by molar-refractivity contribution is -0.170. The van der Waals surface area contributed by atoms with Gasteiger partial charge in [0.25, 0.3) is 0 Å². The van der Waals surface area contributed by atoms with E-state index in [1.165, 1.54) is 24.3 Å². The second-order valence-corrected chi connectivity index (χ2v) is 8.49. The molecule has 1 amide bonds. The summed E-state index contributed by atoms with van der Waals surface area (Å²) in [4.78, 5) is 24.2. The Morgan fingerprint density at radius 1 is 1.22 bits per heavy atom. The minimum atomic E-state index is -5.15. The molecule has 0 bridgehead atoms. The maximum absolute atomic E-state index is 13.0. The molecule has 6 nitrogen and oxygen atoms in total. The molecule has 0 spiro atoms. The molecule has 27 heavy (non-hydrogen) atoms. The summed E-state index contributed by atoms with van der Waals surface area (Å²) in [6, 6.07) is 3.77. The highest BCUT2D eigenvalue weighted by molar-refractivity contribution is 7.91. The van der Waals surface area contributed by atoms with Crippen molar-refractivity contribution in [1.29, 1.82) is 0 Å². The first-order chi connectivity index (χ1) is 12.5. The van der Waals surface area contributed by atoms with Gasteiger partial charge in [0.05, 0.1) is 29.7 Å². The molecule has 0 aromatic heterocycles. The topological polar surface area (TPSA) is 80.8 Å². The summed E-state index contributed by atoms with van der Waals surface area (Å²) in [5, 5.41) is 0. The molecule has 1 atom stereocenters. The van der Waals surface area contributed by atoms with Crippen LogP contribution in [0.3, 0.4) is 0 Å². The summed E-state index contributed by atoms with van der Waals surface area (Å²) >= 11 is 0. The molecule has 0 aliphatic carbocycles. The van der Waals surface area contributed by atoms with E-state index < -0.39 is 39.7 Å². The van der Waals surface area contributed by atoms with Crippen LogP contribution in [0.5, 0.6) is 0 Å². The third-order valence-electron chi connectivity index (χ3n) is 4.15. The number of amides is 1. The fourth-order valence-electron chi connectivity index (χ4n) is 2.76. The molecule has 1 aliphatic heterocycles. The van der Waals surface area contributed by atoms with Gasteiger partial charge in [-0.25, -0.2) is 13.2 Å². The predicted octanol–water partition coefficient (Wildman–Crippen LogP) is 2.73. The number of hydrogen-bond donors (Lipinski definition) is 0. The normalized spacial score (nSPS) is 18.9.